The summed E-state index contributed by atoms with van der Waals surface area (Å²) >= 11 is 0. The molecule has 3 rings (SSSR count). The molecule has 3 aromatic rings. The summed E-state index contributed by atoms with van der Waals surface area (Å²) in [6.07, 6.45) is 4.24. The van der Waals surface area contributed by atoms with Crippen molar-refractivity contribution < 1.29 is 14.3 Å². The van der Waals surface area contributed by atoms with E-state index in [0.29, 0.717) is 24.5 Å². The lowest BCUT2D eigenvalue weighted by Crippen LogP contribution is -2.23. The second-order valence-corrected chi connectivity index (χ2v) is 7.36. The highest BCUT2D eigenvalue weighted by atomic mass is 16.5. The monoisotopic (exact) mass is 417 g/mol. The Balaban J connectivity index is 1.56. The van der Waals surface area contributed by atoms with Crippen LogP contribution in [-0.2, 0) is 17.9 Å². The second kappa shape index (κ2) is 10.9. The van der Waals surface area contributed by atoms with Crippen molar-refractivity contribution >= 4 is 17.5 Å². The van der Waals surface area contributed by atoms with E-state index in [9.17, 15) is 9.59 Å². The number of benzene rings is 2. The quantitative estimate of drug-likeness (QED) is 0.534. The zero-order chi connectivity index (χ0) is 22.1. The fraction of sp³-hybridized carbons (Fsp3) is 0.240. The second-order valence-electron chi connectivity index (χ2n) is 7.36. The van der Waals surface area contributed by atoms with E-state index in [2.05, 4.69) is 15.6 Å². The zero-order valence-corrected chi connectivity index (χ0v) is 17.8. The Kier molecular flexibility index (Phi) is 7.76. The van der Waals surface area contributed by atoms with Crippen LogP contribution in [0.25, 0.3) is 0 Å². The van der Waals surface area contributed by atoms with Gasteiger partial charge in [-0.1, -0.05) is 38.1 Å². The van der Waals surface area contributed by atoms with E-state index in [4.69, 9.17) is 4.74 Å². The number of rotatable bonds is 9. The van der Waals surface area contributed by atoms with Crippen LogP contribution >= 0.6 is 0 Å². The molecule has 6 heteroatoms. The number of carbonyl (C=O) groups excluding carboxylic acids is 2. The summed E-state index contributed by atoms with van der Waals surface area (Å²) in [6, 6.07) is 18.3. The number of ether oxygens (including phenoxy) is 1. The lowest BCUT2D eigenvalue weighted by Gasteiger charge is -2.12. The van der Waals surface area contributed by atoms with Gasteiger partial charge in [-0.2, -0.15) is 0 Å². The predicted octanol–water partition coefficient (Wildman–Crippen LogP) is 4.58. The van der Waals surface area contributed by atoms with E-state index in [1.165, 1.54) is 0 Å². The number of hydrogen-bond donors (Lipinski definition) is 2. The molecule has 0 radical (unpaired) electrons. The van der Waals surface area contributed by atoms with Gasteiger partial charge < -0.3 is 15.4 Å². The minimum Gasteiger partial charge on any atom is -0.489 e. The number of amides is 2. The molecule has 0 aliphatic carbocycles. The molecule has 0 bridgehead atoms. The molecule has 0 aliphatic heterocycles. The van der Waals surface area contributed by atoms with Gasteiger partial charge in [0.2, 0.25) is 5.91 Å². The molecule has 2 aromatic carbocycles. The Labute approximate surface area is 182 Å². The zero-order valence-electron chi connectivity index (χ0n) is 17.8. The van der Waals surface area contributed by atoms with Gasteiger partial charge in [-0.15, -0.1) is 0 Å². The van der Waals surface area contributed by atoms with Crippen LogP contribution in [-0.4, -0.2) is 16.8 Å². The molecule has 0 saturated heterocycles. The van der Waals surface area contributed by atoms with Crippen molar-refractivity contribution in [3.8, 4) is 5.75 Å². The number of anilines is 1. The van der Waals surface area contributed by atoms with Gasteiger partial charge in [0.1, 0.15) is 12.4 Å². The first-order valence-corrected chi connectivity index (χ1v) is 10.3. The summed E-state index contributed by atoms with van der Waals surface area (Å²) in [7, 11) is 0. The standard InChI is InChI=1S/C25H27N3O3/c1-3-18(2)24(29)28-22-10-4-7-19(13-22)16-27-25(30)21-9-5-11-23(14-21)31-17-20-8-6-12-26-15-20/h4-15,18H,3,16-17H2,1-2H3,(H,27,30)(H,28,29). The molecule has 2 amide bonds. The van der Waals surface area contributed by atoms with Gasteiger partial charge in [0.15, 0.2) is 0 Å². The van der Waals surface area contributed by atoms with Gasteiger partial charge in [0.05, 0.1) is 0 Å². The molecule has 160 valence electrons. The molecule has 0 saturated carbocycles. The smallest absolute Gasteiger partial charge is 0.251 e. The van der Waals surface area contributed by atoms with E-state index in [-0.39, 0.29) is 17.7 Å². The van der Waals surface area contributed by atoms with Crippen molar-refractivity contribution in [2.75, 3.05) is 5.32 Å². The van der Waals surface area contributed by atoms with Crippen LogP contribution in [0, 0.1) is 5.92 Å². The van der Waals surface area contributed by atoms with Crippen molar-refractivity contribution in [1.82, 2.24) is 10.3 Å². The van der Waals surface area contributed by atoms with Crippen molar-refractivity contribution in [3.63, 3.8) is 0 Å². The van der Waals surface area contributed by atoms with Crippen molar-refractivity contribution in [2.45, 2.75) is 33.4 Å². The summed E-state index contributed by atoms with van der Waals surface area (Å²) in [6.45, 7) is 4.61. The van der Waals surface area contributed by atoms with Gasteiger partial charge in [0, 0.05) is 41.7 Å². The highest BCUT2D eigenvalue weighted by Crippen LogP contribution is 2.16. The number of pyridine rings is 1. The van der Waals surface area contributed by atoms with Gasteiger partial charge in [-0.3, -0.25) is 14.6 Å². The minimum atomic E-state index is -0.194. The lowest BCUT2D eigenvalue weighted by molar-refractivity contribution is -0.119. The van der Waals surface area contributed by atoms with Crippen molar-refractivity contribution in [3.05, 3.63) is 89.7 Å². The van der Waals surface area contributed by atoms with Gasteiger partial charge in [0.25, 0.3) is 5.91 Å². The third-order valence-corrected chi connectivity index (χ3v) is 4.93. The van der Waals surface area contributed by atoms with Crippen LogP contribution in [0.4, 0.5) is 5.69 Å². The average molecular weight is 418 g/mol. The lowest BCUT2D eigenvalue weighted by atomic mass is 10.1. The fourth-order valence-corrected chi connectivity index (χ4v) is 2.87. The summed E-state index contributed by atoms with van der Waals surface area (Å²) in [4.78, 5) is 28.7. The van der Waals surface area contributed by atoms with Crippen LogP contribution in [0.1, 0.15) is 41.8 Å². The number of hydrogen-bond acceptors (Lipinski definition) is 4. The molecule has 31 heavy (non-hydrogen) atoms. The maximum Gasteiger partial charge on any atom is 0.251 e. The normalized spacial score (nSPS) is 11.4. The molecular formula is C25H27N3O3. The van der Waals surface area contributed by atoms with E-state index < -0.39 is 0 Å². The SMILES string of the molecule is CCC(C)C(=O)Nc1cccc(CNC(=O)c2cccc(OCc3cccnc3)c2)c1. The Bertz CT molecular complexity index is 1020. The molecule has 0 aliphatic rings. The molecule has 0 fully saturated rings. The average Bonchev–Trinajstić information content (AvgIpc) is 2.81. The number of nitrogens with zero attached hydrogens (tertiary/aromatic N) is 1. The van der Waals surface area contributed by atoms with Crippen molar-refractivity contribution in [1.29, 1.82) is 0 Å². The predicted molar refractivity (Wildman–Crippen MR) is 121 cm³/mol. The Hall–Kier alpha value is -3.67. The molecular weight excluding hydrogens is 390 g/mol. The van der Waals surface area contributed by atoms with Crippen LogP contribution in [0.2, 0.25) is 0 Å². The van der Waals surface area contributed by atoms with Gasteiger partial charge in [-0.05, 0) is 48.4 Å². The molecule has 1 aromatic heterocycles. The van der Waals surface area contributed by atoms with Crippen LogP contribution in [0.3, 0.4) is 0 Å². The topological polar surface area (TPSA) is 80.3 Å². The first-order valence-electron chi connectivity index (χ1n) is 10.3. The highest BCUT2D eigenvalue weighted by Gasteiger charge is 2.11. The molecule has 6 nitrogen and oxygen atoms in total. The fourth-order valence-electron chi connectivity index (χ4n) is 2.87. The Morgan fingerprint density at radius 2 is 1.84 bits per heavy atom. The maximum atomic E-state index is 12.6. The first-order chi connectivity index (χ1) is 15.0. The Morgan fingerprint density at radius 3 is 2.61 bits per heavy atom. The summed E-state index contributed by atoms with van der Waals surface area (Å²) in [5.41, 5.74) is 3.10. The third kappa shape index (κ3) is 6.67. The third-order valence-electron chi connectivity index (χ3n) is 4.93. The molecule has 1 heterocycles. The number of nitrogens with one attached hydrogen (secondary N) is 2. The first kappa shape index (κ1) is 22.0. The summed E-state index contributed by atoms with van der Waals surface area (Å²) in [5.74, 6) is 0.370. The van der Waals surface area contributed by atoms with Crippen LogP contribution in [0.15, 0.2) is 73.1 Å². The molecule has 0 spiro atoms. The van der Waals surface area contributed by atoms with Crippen molar-refractivity contribution in [2.24, 2.45) is 5.92 Å². The molecule has 1 atom stereocenters. The maximum absolute atomic E-state index is 12.6. The van der Waals surface area contributed by atoms with E-state index in [0.717, 1.165) is 23.2 Å². The van der Waals surface area contributed by atoms with E-state index >= 15 is 0 Å². The number of carbonyl (C=O) groups is 2. The largest absolute Gasteiger partial charge is 0.489 e. The van der Waals surface area contributed by atoms with Crippen LogP contribution < -0.4 is 15.4 Å². The minimum absolute atomic E-state index is 0.00761. The van der Waals surface area contributed by atoms with Crippen LogP contribution in [0.5, 0.6) is 5.75 Å². The summed E-state index contributed by atoms with van der Waals surface area (Å²) < 4.78 is 5.77. The Morgan fingerprint density at radius 1 is 1.03 bits per heavy atom. The summed E-state index contributed by atoms with van der Waals surface area (Å²) in [5, 5.41) is 5.83. The number of aromatic nitrogens is 1. The van der Waals surface area contributed by atoms with E-state index in [1.807, 2.05) is 56.3 Å². The highest BCUT2D eigenvalue weighted by molar-refractivity contribution is 5.94. The van der Waals surface area contributed by atoms with Gasteiger partial charge >= 0.3 is 0 Å². The van der Waals surface area contributed by atoms with E-state index in [1.54, 1.807) is 30.6 Å². The van der Waals surface area contributed by atoms with Gasteiger partial charge in [-0.25, -0.2) is 0 Å². The molecule has 2 N–H and O–H groups in total. The molecule has 1 unspecified atom stereocenters.